The Morgan fingerprint density at radius 2 is 1.67 bits per heavy atom. The molecule has 0 saturated carbocycles. The molecule has 0 amide bonds. The quantitative estimate of drug-likeness (QED) is 0.529. The molecule has 0 aliphatic carbocycles. The number of rotatable bonds is 5. The minimum atomic E-state index is 0.0607. The van der Waals surface area contributed by atoms with Crippen molar-refractivity contribution in [1.29, 1.82) is 0 Å². The number of aromatic nitrogens is 3. The first-order chi connectivity index (χ1) is 10.3. The van der Waals surface area contributed by atoms with E-state index in [9.17, 15) is 4.79 Å². The number of Topliss-reactive ketones (excluding diaryl/α,β-unsaturated/α-hetero) is 1. The largest absolute Gasteiger partial charge is 0.290 e. The third kappa shape index (κ3) is 3.42. The fourth-order valence-corrected chi connectivity index (χ4v) is 2.18. The van der Waals surface area contributed by atoms with E-state index in [-0.39, 0.29) is 12.3 Å². The number of carbonyl (C=O) groups is 1. The van der Waals surface area contributed by atoms with Crippen LogP contribution >= 0.6 is 0 Å². The molecule has 4 nitrogen and oxygen atoms in total. The van der Waals surface area contributed by atoms with Crippen LogP contribution < -0.4 is 4.57 Å². The van der Waals surface area contributed by atoms with Crippen molar-refractivity contribution in [3.05, 3.63) is 84.4 Å². The summed E-state index contributed by atoms with van der Waals surface area (Å²) in [5, 5.41) is 4.24. The van der Waals surface area contributed by atoms with E-state index in [0.717, 1.165) is 6.54 Å². The minimum absolute atomic E-state index is 0.0607. The Morgan fingerprint density at radius 1 is 1.00 bits per heavy atom. The Kier molecular flexibility index (Phi) is 3.87. The first kappa shape index (κ1) is 13.2. The predicted molar refractivity (Wildman–Crippen MR) is 78.7 cm³/mol. The zero-order valence-corrected chi connectivity index (χ0v) is 11.6. The number of hydrogen-bond donors (Lipinski definition) is 0. The number of ketones is 1. The van der Waals surface area contributed by atoms with Crippen LogP contribution in [-0.4, -0.2) is 15.6 Å². The number of benzene rings is 2. The maximum absolute atomic E-state index is 12.1. The summed E-state index contributed by atoms with van der Waals surface area (Å²) in [5.41, 5.74) is 1.92. The van der Waals surface area contributed by atoms with E-state index in [4.69, 9.17) is 0 Å². The van der Waals surface area contributed by atoms with Crippen LogP contribution in [0.2, 0.25) is 0 Å². The fourth-order valence-electron chi connectivity index (χ4n) is 2.18. The second kappa shape index (κ2) is 6.13. The van der Waals surface area contributed by atoms with Crippen molar-refractivity contribution in [3.63, 3.8) is 0 Å². The summed E-state index contributed by atoms with van der Waals surface area (Å²) in [6.07, 6.45) is 3.60. The zero-order valence-electron chi connectivity index (χ0n) is 11.6. The predicted octanol–water partition coefficient (Wildman–Crippen LogP) is 2.10. The number of nitrogens with zero attached hydrogens (tertiary/aromatic N) is 3. The molecule has 21 heavy (non-hydrogen) atoms. The average Bonchev–Trinajstić information content (AvgIpc) is 2.96. The van der Waals surface area contributed by atoms with Crippen LogP contribution in [0.4, 0.5) is 0 Å². The minimum Gasteiger partial charge on any atom is -0.290 e. The molecule has 0 aliphatic heterocycles. The van der Waals surface area contributed by atoms with E-state index < -0.39 is 0 Å². The van der Waals surface area contributed by atoms with E-state index in [1.165, 1.54) is 5.56 Å². The molecule has 3 rings (SSSR count). The highest BCUT2D eigenvalue weighted by atomic mass is 16.1. The summed E-state index contributed by atoms with van der Waals surface area (Å²) in [7, 11) is 0. The second-order valence-corrected chi connectivity index (χ2v) is 4.89. The molecule has 0 radical (unpaired) electrons. The molecule has 104 valence electrons. The van der Waals surface area contributed by atoms with Crippen molar-refractivity contribution < 1.29 is 9.36 Å². The Hall–Kier alpha value is -2.75. The van der Waals surface area contributed by atoms with Crippen molar-refractivity contribution in [3.8, 4) is 0 Å². The van der Waals surface area contributed by atoms with Gasteiger partial charge in [0.15, 0.2) is 12.3 Å². The van der Waals surface area contributed by atoms with Gasteiger partial charge in [-0.05, 0) is 5.56 Å². The van der Waals surface area contributed by atoms with Gasteiger partial charge >= 0.3 is 0 Å². The van der Waals surface area contributed by atoms with E-state index >= 15 is 0 Å². The summed E-state index contributed by atoms with van der Waals surface area (Å²) in [5.74, 6) is 0.0607. The van der Waals surface area contributed by atoms with Gasteiger partial charge in [-0.2, -0.15) is 0 Å². The van der Waals surface area contributed by atoms with Gasteiger partial charge in [0, 0.05) is 10.7 Å². The fraction of sp³-hybridized carbons (Fsp3) is 0.118. The van der Waals surface area contributed by atoms with Crippen LogP contribution in [0, 0.1) is 0 Å². The molecule has 2 aromatic carbocycles. The lowest BCUT2D eigenvalue weighted by Gasteiger charge is -1.97. The van der Waals surface area contributed by atoms with Gasteiger partial charge in [-0.1, -0.05) is 60.7 Å². The van der Waals surface area contributed by atoms with Crippen LogP contribution in [0.1, 0.15) is 15.9 Å². The van der Waals surface area contributed by atoms with Gasteiger partial charge in [0.2, 0.25) is 6.33 Å². The van der Waals surface area contributed by atoms with E-state index in [0.29, 0.717) is 5.56 Å². The monoisotopic (exact) mass is 278 g/mol. The molecular formula is C17H16N3O+. The SMILES string of the molecule is O=C(Cn1c[n+](Cc2ccccc2)cn1)c1ccccc1. The molecule has 1 heterocycles. The standard InChI is InChI=1S/C17H16N3O/c21-17(16-9-5-2-6-10-16)12-20-14-19(13-18-20)11-15-7-3-1-4-8-15/h1-10,13-14H,11-12H2/q+1. The molecule has 0 aliphatic rings. The lowest BCUT2D eigenvalue weighted by molar-refractivity contribution is -0.689. The lowest BCUT2D eigenvalue weighted by atomic mass is 10.1. The number of carbonyl (C=O) groups excluding carboxylic acids is 1. The molecule has 3 aromatic rings. The summed E-state index contributed by atoms with van der Waals surface area (Å²) in [6, 6.07) is 19.4. The molecule has 0 saturated heterocycles. The second-order valence-electron chi connectivity index (χ2n) is 4.89. The van der Waals surface area contributed by atoms with Gasteiger partial charge in [0.1, 0.15) is 0 Å². The smallest absolute Gasteiger partial charge is 0.265 e. The summed E-state index contributed by atoms with van der Waals surface area (Å²) in [6.45, 7) is 1.01. The summed E-state index contributed by atoms with van der Waals surface area (Å²) in [4.78, 5) is 12.1. The topological polar surface area (TPSA) is 38.8 Å². The average molecular weight is 278 g/mol. The van der Waals surface area contributed by atoms with Crippen molar-refractivity contribution in [1.82, 2.24) is 9.78 Å². The van der Waals surface area contributed by atoms with Crippen molar-refractivity contribution >= 4 is 5.78 Å². The maximum atomic E-state index is 12.1. The molecule has 0 N–H and O–H groups in total. The Labute approximate surface area is 123 Å². The molecule has 0 spiro atoms. The molecule has 0 unspecified atom stereocenters. The van der Waals surface area contributed by atoms with Gasteiger partial charge in [-0.15, -0.1) is 4.68 Å². The third-order valence-electron chi connectivity index (χ3n) is 3.24. The zero-order chi connectivity index (χ0) is 14.5. The number of hydrogen-bond acceptors (Lipinski definition) is 2. The van der Waals surface area contributed by atoms with Crippen molar-refractivity contribution in [2.75, 3.05) is 0 Å². The summed E-state index contributed by atoms with van der Waals surface area (Å²) >= 11 is 0. The van der Waals surface area contributed by atoms with Crippen LogP contribution in [0.5, 0.6) is 0 Å². The Bertz CT molecular complexity index is 720. The van der Waals surface area contributed by atoms with Crippen molar-refractivity contribution in [2.45, 2.75) is 13.1 Å². The van der Waals surface area contributed by atoms with Crippen LogP contribution in [-0.2, 0) is 13.1 Å². The van der Waals surface area contributed by atoms with Crippen LogP contribution in [0.3, 0.4) is 0 Å². The van der Waals surface area contributed by atoms with Gasteiger partial charge in [-0.25, -0.2) is 4.57 Å². The molecule has 1 aromatic heterocycles. The summed E-state index contributed by atoms with van der Waals surface area (Å²) < 4.78 is 3.63. The van der Waals surface area contributed by atoms with E-state index in [1.54, 1.807) is 11.0 Å². The first-order valence-corrected chi connectivity index (χ1v) is 6.85. The van der Waals surface area contributed by atoms with Crippen LogP contribution in [0.25, 0.3) is 0 Å². The highest BCUT2D eigenvalue weighted by Gasteiger charge is 2.12. The van der Waals surface area contributed by atoms with Gasteiger partial charge in [0.05, 0.1) is 6.54 Å². The molecular weight excluding hydrogens is 262 g/mol. The molecule has 0 fully saturated rings. The first-order valence-electron chi connectivity index (χ1n) is 6.85. The lowest BCUT2D eigenvalue weighted by Crippen LogP contribution is -2.31. The van der Waals surface area contributed by atoms with Gasteiger partial charge < -0.3 is 0 Å². The Balaban J connectivity index is 1.67. The normalized spacial score (nSPS) is 10.5. The van der Waals surface area contributed by atoms with E-state index in [1.807, 2.05) is 59.4 Å². The van der Waals surface area contributed by atoms with Crippen molar-refractivity contribution in [2.24, 2.45) is 0 Å². The highest BCUT2D eigenvalue weighted by molar-refractivity contribution is 5.95. The van der Waals surface area contributed by atoms with Crippen LogP contribution in [0.15, 0.2) is 73.3 Å². The molecule has 4 heteroatoms. The van der Waals surface area contributed by atoms with Gasteiger partial charge in [0.25, 0.3) is 6.33 Å². The molecule has 0 bridgehead atoms. The highest BCUT2D eigenvalue weighted by Crippen LogP contribution is 2.01. The maximum Gasteiger partial charge on any atom is 0.265 e. The molecule has 0 atom stereocenters. The van der Waals surface area contributed by atoms with Gasteiger partial charge in [-0.3, -0.25) is 4.79 Å². The third-order valence-corrected chi connectivity index (χ3v) is 3.24. The Morgan fingerprint density at radius 3 is 2.38 bits per heavy atom. The van der Waals surface area contributed by atoms with E-state index in [2.05, 4.69) is 17.2 Å².